The molecule has 0 N–H and O–H groups in total. The van der Waals surface area contributed by atoms with E-state index in [1.807, 2.05) is 38.1 Å². The van der Waals surface area contributed by atoms with Crippen molar-refractivity contribution in [2.24, 2.45) is 5.41 Å². The van der Waals surface area contributed by atoms with Crippen LogP contribution in [0.4, 0.5) is 10.2 Å². The van der Waals surface area contributed by atoms with Crippen LogP contribution in [-0.4, -0.2) is 43.3 Å². The SMILES string of the molecule is CC(C)(C#N)N1Cc2cc(Cl)ccc2-n2c(nnc2C2CC3(C2)CN(c2ccc(F)c(C#N)n2)C3)C1. The highest BCUT2D eigenvalue weighted by atomic mass is 35.5. The van der Waals surface area contributed by atoms with Crippen LogP contribution in [0.5, 0.6) is 0 Å². The molecular formula is C26H24ClFN8. The average molecular weight is 503 g/mol. The standard InChI is InChI=1S/C26H24ClFN8/c1-25(2,13-30)35-11-16-7-18(27)3-5-21(16)36-23(12-35)32-33-24(36)17-8-26(9-17)14-34(15-26)22-6-4-19(28)20(10-29)31-22/h3-7,17H,8-9,11-12,14-15H2,1-2H3. The molecule has 0 atom stereocenters. The molecule has 1 saturated carbocycles. The first-order valence-corrected chi connectivity index (χ1v) is 12.3. The number of pyridine rings is 1. The Balaban J connectivity index is 1.25. The van der Waals surface area contributed by atoms with Gasteiger partial charge in [0.05, 0.1) is 18.3 Å². The van der Waals surface area contributed by atoms with Crippen LogP contribution >= 0.6 is 11.6 Å². The molecule has 0 radical (unpaired) electrons. The summed E-state index contributed by atoms with van der Waals surface area (Å²) in [6.07, 6.45) is 1.95. The van der Waals surface area contributed by atoms with Gasteiger partial charge in [0.2, 0.25) is 0 Å². The molecule has 6 rings (SSSR count). The van der Waals surface area contributed by atoms with Crippen molar-refractivity contribution in [1.82, 2.24) is 24.6 Å². The summed E-state index contributed by atoms with van der Waals surface area (Å²) in [6.45, 7) is 6.59. The molecule has 3 aromatic rings. The van der Waals surface area contributed by atoms with Crippen molar-refractivity contribution in [3.05, 3.63) is 64.1 Å². The summed E-state index contributed by atoms with van der Waals surface area (Å²) in [5, 5.41) is 28.7. The van der Waals surface area contributed by atoms with E-state index >= 15 is 0 Å². The lowest BCUT2D eigenvalue weighted by Crippen LogP contribution is -2.62. The molecular weight excluding hydrogens is 479 g/mol. The minimum atomic E-state index is -0.670. The van der Waals surface area contributed by atoms with E-state index in [0.717, 1.165) is 48.8 Å². The van der Waals surface area contributed by atoms with Crippen LogP contribution in [0.3, 0.4) is 0 Å². The number of benzene rings is 1. The molecule has 36 heavy (non-hydrogen) atoms. The van der Waals surface area contributed by atoms with E-state index in [4.69, 9.17) is 16.9 Å². The molecule has 2 fully saturated rings. The summed E-state index contributed by atoms with van der Waals surface area (Å²) in [4.78, 5) is 8.37. The molecule has 1 saturated heterocycles. The van der Waals surface area contributed by atoms with Crippen molar-refractivity contribution in [1.29, 1.82) is 10.5 Å². The van der Waals surface area contributed by atoms with Crippen molar-refractivity contribution in [3.63, 3.8) is 0 Å². The number of hydrogen-bond donors (Lipinski definition) is 0. The van der Waals surface area contributed by atoms with Gasteiger partial charge in [-0.3, -0.25) is 9.47 Å². The lowest BCUT2D eigenvalue weighted by atomic mass is 9.57. The smallest absolute Gasteiger partial charge is 0.178 e. The Bertz CT molecular complexity index is 1450. The molecule has 2 aromatic heterocycles. The minimum absolute atomic E-state index is 0.168. The number of rotatable bonds is 3. The van der Waals surface area contributed by atoms with Gasteiger partial charge in [0.25, 0.3) is 0 Å². The fraction of sp³-hybridized carbons (Fsp3) is 0.423. The van der Waals surface area contributed by atoms with Crippen LogP contribution in [0, 0.1) is 33.9 Å². The maximum absolute atomic E-state index is 13.7. The predicted molar refractivity (Wildman–Crippen MR) is 131 cm³/mol. The zero-order chi connectivity index (χ0) is 25.2. The molecule has 1 aliphatic carbocycles. The second kappa shape index (κ2) is 7.99. The molecule has 10 heteroatoms. The van der Waals surface area contributed by atoms with Crippen LogP contribution in [0.2, 0.25) is 5.02 Å². The summed E-state index contributed by atoms with van der Waals surface area (Å²) >= 11 is 6.35. The summed E-state index contributed by atoms with van der Waals surface area (Å²) in [7, 11) is 0. The van der Waals surface area contributed by atoms with E-state index in [9.17, 15) is 9.65 Å². The highest BCUT2D eigenvalue weighted by Crippen LogP contribution is 2.56. The lowest BCUT2D eigenvalue weighted by molar-refractivity contribution is 0.0581. The van der Waals surface area contributed by atoms with E-state index in [0.29, 0.717) is 23.9 Å². The van der Waals surface area contributed by atoms with Gasteiger partial charge in [0.15, 0.2) is 17.3 Å². The molecule has 0 bridgehead atoms. The first-order chi connectivity index (χ1) is 17.2. The van der Waals surface area contributed by atoms with Gasteiger partial charge in [-0.2, -0.15) is 10.5 Å². The maximum atomic E-state index is 13.7. The predicted octanol–water partition coefficient (Wildman–Crippen LogP) is 4.33. The van der Waals surface area contributed by atoms with Crippen LogP contribution in [-0.2, 0) is 13.1 Å². The third-order valence-corrected chi connectivity index (χ3v) is 8.07. The normalized spacial score (nSPS) is 18.9. The van der Waals surface area contributed by atoms with Gasteiger partial charge < -0.3 is 4.90 Å². The van der Waals surface area contributed by atoms with Gasteiger partial charge in [-0.15, -0.1) is 10.2 Å². The van der Waals surface area contributed by atoms with E-state index in [1.165, 1.54) is 6.07 Å². The van der Waals surface area contributed by atoms with Crippen molar-refractivity contribution in [2.45, 2.75) is 51.2 Å². The Morgan fingerprint density at radius 1 is 1.11 bits per heavy atom. The van der Waals surface area contributed by atoms with Gasteiger partial charge in [-0.1, -0.05) is 11.6 Å². The molecule has 3 aliphatic rings. The van der Waals surface area contributed by atoms with Crippen LogP contribution in [0.25, 0.3) is 5.69 Å². The van der Waals surface area contributed by atoms with Gasteiger partial charge in [-0.05, 0) is 62.6 Å². The fourth-order valence-corrected chi connectivity index (χ4v) is 5.99. The van der Waals surface area contributed by atoms with Gasteiger partial charge in [0, 0.05) is 36.0 Å². The zero-order valence-electron chi connectivity index (χ0n) is 20.0. The zero-order valence-corrected chi connectivity index (χ0v) is 20.8. The van der Waals surface area contributed by atoms with Gasteiger partial charge >= 0.3 is 0 Å². The third kappa shape index (κ3) is 3.54. The second-order valence-electron chi connectivity index (χ2n) is 10.7. The molecule has 8 nitrogen and oxygen atoms in total. The average Bonchev–Trinajstić information content (AvgIpc) is 3.12. The number of nitrogens with zero attached hydrogens (tertiary/aromatic N) is 8. The minimum Gasteiger partial charge on any atom is -0.355 e. The number of anilines is 1. The summed E-state index contributed by atoms with van der Waals surface area (Å²) in [5.41, 5.74) is 1.39. The number of aromatic nitrogens is 4. The molecule has 0 unspecified atom stereocenters. The quantitative estimate of drug-likeness (QED) is 0.525. The number of nitriles is 2. The van der Waals surface area contributed by atoms with Gasteiger partial charge in [0.1, 0.15) is 23.3 Å². The topological polar surface area (TPSA) is 97.7 Å². The fourth-order valence-electron chi connectivity index (χ4n) is 5.79. The summed E-state index contributed by atoms with van der Waals surface area (Å²) in [5.74, 6) is 2.09. The first-order valence-electron chi connectivity index (χ1n) is 11.9. The Morgan fingerprint density at radius 2 is 1.89 bits per heavy atom. The Hall–Kier alpha value is -3.53. The summed E-state index contributed by atoms with van der Waals surface area (Å²) < 4.78 is 15.8. The van der Waals surface area contributed by atoms with E-state index < -0.39 is 11.4 Å². The van der Waals surface area contributed by atoms with Gasteiger partial charge in [-0.25, -0.2) is 9.37 Å². The van der Waals surface area contributed by atoms with Crippen LogP contribution in [0.1, 0.15) is 55.5 Å². The van der Waals surface area contributed by atoms with Crippen LogP contribution in [0.15, 0.2) is 30.3 Å². The van der Waals surface area contributed by atoms with Crippen molar-refractivity contribution in [2.75, 3.05) is 18.0 Å². The largest absolute Gasteiger partial charge is 0.355 e. The maximum Gasteiger partial charge on any atom is 0.178 e. The second-order valence-corrected chi connectivity index (χ2v) is 11.1. The number of hydrogen-bond acceptors (Lipinski definition) is 7. The Morgan fingerprint density at radius 3 is 2.61 bits per heavy atom. The molecule has 4 heterocycles. The molecule has 182 valence electrons. The third-order valence-electron chi connectivity index (χ3n) is 7.83. The van der Waals surface area contributed by atoms with Crippen molar-refractivity contribution >= 4 is 17.4 Å². The molecule has 2 aliphatic heterocycles. The van der Waals surface area contributed by atoms with Crippen LogP contribution < -0.4 is 4.90 Å². The van der Waals surface area contributed by atoms with Crippen molar-refractivity contribution < 1.29 is 4.39 Å². The van der Waals surface area contributed by atoms with E-state index in [-0.39, 0.29) is 17.0 Å². The first kappa shape index (κ1) is 22.9. The number of halogens is 2. The van der Waals surface area contributed by atoms with E-state index in [2.05, 4.69) is 35.6 Å². The molecule has 1 spiro atoms. The number of fused-ring (bicyclic) bond motifs is 3. The molecule has 0 amide bonds. The Labute approximate surface area is 213 Å². The lowest BCUT2D eigenvalue weighted by Gasteiger charge is -2.59. The highest BCUT2D eigenvalue weighted by molar-refractivity contribution is 6.30. The van der Waals surface area contributed by atoms with Crippen molar-refractivity contribution in [3.8, 4) is 17.8 Å². The summed E-state index contributed by atoms with van der Waals surface area (Å²) in [6, 6.07) is 13.0. The van der Waals surface area contributed by atoms with E-state index in [1.54, 1.807) is 6.07 Å². The Kier molecular flexibility index (Phi) is 5.08. The monoisotopic (exact) mass is 502 g/mol. The highest BCUT2D eigenvalue weighted by Gasteiger charge is 2.54. The molecule has 1 aromatic carbocycles.